The first-order chi connectivity index (χ1) is 7.88. The van der Waals surface area contributed by atoms with E-state index in [1.165, 1.54) is 11.5 Å². The van der Waals surface area contributed by atoms with E-state index in [4.69, 9.17) is 0 Å². The minimum atomic E-state index is 0.0767. The maximum absolute atomic E-state index is 9.31. The van der Waals surface area contributed by atoms with Crippen LogP contribution in [0.5, 0.6) is 0 Å². The zero-order valence-corrected chi connectivity index (χ0v) is 10.7. The van der Waals surface area contributed by atoms with Crippen molar-refractivity contribution in [2.24, 2.45) is 0 Å². The van der Waals surface area contributed by atoms with Gasteiger partial charge in [-0.2, -0.15) is 11.8 Å². The molecule has 0 amide bonds. The van der Waals surface area contributed by atoms with Crippen molar-refractivity contribution in [3.63, 3.8) is 0 Å². The molecule has 0 aliphatic rings. The highest BCUT2D eigenvalue weighted by Gasteiger charge is 2.07. The summed E-state index contributed by atoms with van der Waals surface area (Å²) in [7, 11) is 0. The van der Waals surface area contributed by atoms with Gasteiger partial charge >= 0.3 is 0 Å². The lowest BCUT2D eigenvalue weighted by molar-refractivity contribution is 0.245. The molecule has 0 spiro atoms. The molecule has 90 valence electrons. The molecule has 0 saturated carbocycles. The number of rotatable bonds is 8. The van der Waals surface area contributed by atoms with Crippen LogP contribution in [0.15, 0.2) is 30.3 Å². The molecule has 1 rings (SSSR count). The molecule has 0 aromatic heterocycles. The summed E-state index contributed by atoms with van der Waals surface area (Å²) >= 11 is 1.96. The SMILES string of the molecule is CCSCCCNC(CO)c1ccccc1. The monoisotopic (exact) mass is 239 g/mol. The van der Waals surface area contributed by atoms with Crippen molar-refractivity contribution in [3.05, 3.63) is 35.9 Å². The van der Waals surface area contributed by atoms with E-state index in [0.29, 0.717) is 0 Å². The second-order valence-electron chi connectivity index (χ2n) is 3.65. The number of aliphatic hydroxyl groups excluding tert-OH is 1. The lowest BCUT2D eigenvalue weighted by Crippen LogP contribution is -2.25. The summed E-state index contributed by atoms with van der Waals surface area (Å²) in [6.07, 6.45) is 1.15. The van der Waals surface area contributed by atoms with Crippen molar-refractivity contribution < 1.29 is 5.11 Å². The number of hydrogen-bond acceptors (Lipinski definition) is 3. The van der Waals surface area contributed by atoms with Gasteiger partial charge in [0.05, 0.1) is 12.6 Å². The first-order valence-corrected chi connectivity index (χ1v) is 7.01. The molecule has 1 aromatic rings. The lowest BCUT2D eigenvalue weighted by atomic mass is 10.1. The van der Waals surface area contributed by atoms with Gasteiger partial charge in [0.1, 0.15) is 0 Å². The van der Waals surface area contributed by atoms with E-state index in [2.05, 4.69) is 24.4 Å². The molecule has 0 radical (unpaired) electrons. The topological polar surface area (TPSA) is 32.3 Å². The van der Waals surface area contributed by atoms with Gasteiger partial charge in [-0.1, -0.05) is 37.3 Å². The minimum absolute atomic E-state index is 0.0767. The Morgan fingerprint density at radius 2 is 2.06 bits per heavy atom. The Balaban J connectivity index is 2.27. The van der Waals surface area contributed by atoms with E-state index in [1.807, 2.05) is 30.0 Å². The average Bonchev–Trinajstić information content (AvgIpc) is 2.35. The third-order valence-corrected chi connectivity index (χ3v) is 3.43. The first-order valence-electron chi connectivity index (χ1n) is 5.85. The largest absolute Gasteiger partial charge is 0.394 e. The Kier molecular flexibility index (Phi) is 7.30. The fraction of sp³-hybridized carbons (Fsp3) is 0.538. The maximum Gasteiger partial charge on any atom is 0.0626 e. The normalized spacial score (nSPS) is 12.6. The molecular formula is C13H21NOS. The Morgan fingerprint density at radius 3 is 2.69 bits per heavy atom. The molecule has 2 nitrogen and oxygen atoms in total. The summed E-state index contributed by atoms with van der Waals surface area (Å²) in [5.41, 5.74) is 1.16. The second kappa shape index (κ2) is 8.62. The number of aliphatic hydroxyl groups is 1. The lowest BCUT2D eigenvalue weighted by Gasteiger charge is -2.16. The first kappa shape index (κ1) is 13.6. The molecule has 1 aromatic carbocycles. The van der Waals surface area contributed by atoms with Gasteiger partial charge in [0, 0.05) is 0 Å². The Morgan fingerprint density at radius 1 is 1.31 bits per heavy atom. The highest BCUT2D eigenvalue weighted by atomic mass is 32.2. The molecule has 0 fully saturated rings. The molecule has 1 atom stereocenters. The molecule has 0 aliphatic carbocycles. The van der Waals surface area contributed by atoms with E-state index < -0.39 is 0 Å². The van der Waals surface area contributed by atoms with Crippen molar-refractivity contribution in [1.29, 1.82) is 0 Å². The summed E-state index contributed by atoms with van der Waals surface area (Å²) in [5.74, 6) is 2.37. The Bertz CT molecular complexity index is 266. The molecule has 0 bridgehead atoms. The van der Waals surface area contributed by atoms with Crippen molar-refractivity contribution in [2.75, 3.05) is 24.7 Å². The van der Waals surface area contributed by atoms with E-state index >= 15 is 0 Å². The highest BCUT2D eigenvalue weighted by molar-refractivity contribution is 7.99. The van der Waals surface area contributed by atoms with Gasteiger partial charge in [-0.15, -0.1) is 0 Å². The van der Waals surface area contributed by atoms with Crippen molar-refractivity contribution in [2.45, 2.75) is 19.4 Å². The third-order valence-electron chi connectivity index (χ3n) is 2.44. The summed E-state index contributed by atoms with van der Waals surface area (Å²) < 4.78 is 0. The van der Waals surface area contributed by atoms with Crippen LogP contribution >= 0.6 is 11.8 Å². The van der Waals surface area contributed by atoms with Crippen LogP contribution in [0, 0.1) is 0 Å². The smallest absolute Gasteiger partial charge is 0.0626 e. The van der Waals surface area contributed by atoms with Crippen molar-refractivity contribution in [1.82, 2.24) is 5.32 Å². The minimum Gasteiger partial charge on any atom is -0.394 e. The van der Waals surface area contributed by atoms with E-state index in [-0.39, 0.29) is 12.6 Å². The van der Waals surface area contributed by atoms with Crippen LogP contribution in [0.2, 0.25) is 0 Å². The van der Waals surface area contributed by atoms with Gasteiger partial charge in [0.2, 0.25) is 0 Å². The number of benzene rings is 1. The van der Waals surface area contributed by atoms with Crippen LogP contribution in [0.25, 0.3) is 0 Å². The molecule has 16 heavy (non-hydrogen) atoms. The zero-order chi connectivity index (χ0) is 11.6. The summed E-state index contributed by atoms with van der Waals surface area (Å²) in [6, 6.07) is 10.2. The molecule has 1 unspecified atom stereocenters. The fourth-order valence-electron chi connectivity index (χ4n) is 1.57. The fourth-order valence-corrected chi connectivity index (χ4v) is 2.21. The number of hydrogen-bond donors (Lipinski definition) is 2. The molecule has 2 N–H and O–H groups in total. The number of nitrogens with one attached hydrogen (secondary N) is 1. The molecule has 3 heteroatoms. The summed E-state index contributed by atoms with van der Waals surface area (Å²) in [6.45, 7) is 3.30. The molecule has 0 aliphatic heterocycles. The van der Waals surface area contributed by atoms with Crippen LogP contribution in [0.1, 0.15) is 24.9 Å². The van der Waals surface area contributed by atoms with Crippen molar-refractivity contribution >= 4 is 11.8 Å². The summed E-state index contributed by atoms with van der Waals surface area (Å²) in [5, 5.41) is 12.7. The summed E-state index contributed by atoms with van der Waals surface area (Å²) in [4.78, 5) is 0. The third kappa shape index (κ3) is 5.01. The Labute approximate surface area is 102 Å². The van der Waals surface area contributed by atoms with E-state index in [1.54, 1.807) is 0 Å². The second-order valence-corrected chi connectivity index (χ2v) is 5.04. The van der Waals surface area contributed by atoms with Gasteiger partial charge in [0.25, 0.3) is 0 Å². The quantitative estimate of drug-likeness (QED) is 0.684. The number of thioether (sulfide) groups is 1. The Hall–Kier alpha value is -0.510. The standard InChI is InChI=1S/C13H21NOS/c1-2-16-10-6-9-14-13(11-15)12-7-4-3-5-8-12/h3-5,7-8,13-15H,2,6,9-11H2,1H3. The average molecular weight is 239 g/mol. The predicted octanol–water partition coefficient (Wildman–Crippen LogP) is 2.45. The van der Waals surface area contributed by atoms with Gasteiger partial charge < -0.3 is 10.4 Å². The van der Waals surface area contributed by atoms with Gasteiger partial charge in [-0.05, 0) is 30.0 Å². The van der Waals surface area contributed by atoms with Crippen LogP contribution in [0.3, 0.4) is 0 Å². The van der Waals surface area contributed by atoms with Crippen LogP contribution in [-0.4, -0.2) is 29.8 Å². The predicted molar refractivity (Wildman–Crippen MR) is 71.9 cm³/mol. The highest BCUT2D eigenvalue weighted by Crippen LogP contribution is 2.11. The van der Waals surface area contributed by atoms with E-state index in [9.17, 15) is 5.11 Å². The van der Waals surface area contributed by atoms with Gasteiger partial charge in [-0.25, -0.2) is 0 Å². The molecule has 0 saturated heterocycles. The van der Waals surface area contributed by atoms with Crippen molar-refractivity contribution in [3.8, 4) is 0 Å². The van der Waals surface area contributed by atoms with Crippen LogP contribution in [0.4, 0.5) is 0 Å². The van der Waals surface area contributed by atoms with Crippen LogP contribution < -0.4 is 5.32 Å². The molecular weight excluding hydrogens is 218 g/mol. The van der Waals surface area contributed by atoms with E-state index in [0.717, 1.165) is 18.5 Å². The van der Waals surface area contributed by atoms with Gasteiger partial charge in [-0.3, -0.25) is 0 Å². The zero-order valence-electron chi connectivity index (χ0n) is 9.86. The van der Waals surface area contributed by atoms with Crippen LogP contribution in [-0.2, 0) is 0 Å². The maximum atomic E-state index is 9.31. The molecule has 0 heterocycles. The van der Waals surface area contributed by atoms with Gasteiger partial charge in [0.15, 0.2) is 0 Å².